The summed E-state index contributed by atoms with van der Waals surface area (Å²) in [7, 11) is 0. The van der Waals surface area contributed by atoms with E-state index in [2.05, 4.69) is 26.1 Å². The monoisotopic (exact) mass is 524 g/mol. The van der Waals surface area contributed by atoms with Crippen LogP contribution in [0.4, 0.5) is 10.2 Å². The quantitative estimate of drug-likeness (QED) is 0.353. The van der Waals surface area contributed by atoms with E-state index in [1.54, 1.807) is 27.8 Å². The first-order chi connectivity index (χ1) is 18.6. The molecular formula is C32H33FN4O2. The Labute approximate surface area is 228 Å². The molecule has 7 heteroatoms. The molecule has 2 amide bonds. The molecule has 0 spiro atoms. The van der Waals surface area contributed by atoms with Gasteiger partial charge in [0.25, 0.3) is 11.8 Å². The molecule has 1 N–H and O–H groups in total. The molecule has 39 heavy (non-hydrogen) atoms. The normalized spacial score (nSPS) is 17.2. The molecule has 6 nitrogen and oxygen atoms in total. The molecule has 0 saturated heterocycles. The lowest BCUT2D eigenvalue weighted by atomic mass is 9.81. The Balaban J connectivity index is 1.65. The fraction of sp³-hybridized carbons (Fsp3) is 0.281. The number of nitrogens with zero attached hydrogens (tertiary/aromatic N) is 3. The molecule has 1 aromatic heterocycles. The summed E-state index contributed by atoms with van der Waals surface area (Å²) in [5, 5.41) is 7.88. The second-order valence-corrected chi connectivity index (χ2v) is 11.0. The Bertz CT molecular complexity index is 1520. The number of fused-ring (bicyclic) bond motifs is 1. The highest BCUT2D eigenvalue weighted by Gasteiger charge is 2.45. The van der Waals surface area contributed by atoms with Gasteiger partial charge in [0.1, 0.15) is 17.7 Å². The standard InChI is InChI=1S/C32H33FN4O2/c1-6-36-30-26(20(2)35-37(30)25-13-8-7-9-14-25)27(21-15-17-24(33)18-16-21)28(31(36)39)34-29(38)22-11-10-12-23(19-22)32(3,4)5/h7-19,27-28H,6H2,1-5H3,(H,34,38)/t27-,28-/m0/s1. The summed E-state index contributed by atoms with van der Waals surface area (Å²) in [6.07, 6.45) is 0. The minimum Gasteiger partial charge on any atom is -0.339 e. The van der Waals surface area contributed by atoms with E-state index >= 15 is 0 Å². The van der Waals surface area contributed by atoms with E-state index in [4.69, 9.17) is 5.10 Å². The molecule has 0 unspecified atom stereocenters. The van der Waals surface area contributed by atoms with Gasteiger partial charge in [-0.1, -0.05) is 63.2 Å². The number of para-hydroxylation sites is 1. The number of rotatable bonds is 5. The fourth-order valence-electron chi connectivity index (χ4n) is 5.31. The van der Waals surface area contributed by atoms with Gasteiger partial charge in [0.15, 0.2) is 0 Å². The zero-order valence-corrected chi connectivity index (χ0v) is 22.9. The van der Waals surface area contributed by atoms with Crippen LogP contribution in [0.25, 0.3) is 5.69 Å². The van der Waals surface area contributed by atoms with E-state index < -0.39 is 12.0 Å². The second kappa shape index (κ2) is 10.1. The van der Waals surface area contributed by atoms with Crippen molar-refractivity contribution in [3.8, 4) is 5.69 Å². The first-order valence-electron chi connectivity index (χ1n) is 13.2. The lowest BCUT2D eigenvalue weighted by molar-refractivity contribution is -0.121. The van der Waals surface area contributed by atoms with Gasteiger partial charge in [-0.3, -0.25) is 14.5 Å². The number of hydrogen-bond donors (Lipinski definition) is 1. The van der Waals surface area contributed by atoms with Crippen molar-refractivity contribution >= 4 is 17.6 Å². The van der Waals surface area contributed by atoms with E-state index in [1.165, 1.54) is 12.1 Å². The van der Waals surface area contributed by atoms with Crippen LogP contribution < -0.4 is 10.2 Å². The van der Waals surface area contributed by atoms with Crippen molar-refractivity contribution in [1.82, 2.24) is 15.1 Å². The first kappa shape index (κ1) is 26.4. The lowest BCUT2D eigenvalue weighted by Gasteiger charge is -2.38. The molecule has 0 radical (unpaired) electrons. The highest BCUT2D eigenvalue weighted by Crippen LogP contribution is 2.43. The molecular weight excluding hydrogens is 491 g/mol. The van der Waals surface area contributed by atoms with Crippen molar-refractivity contribution in [2.24, 2.45) is 0 Å². The number of benzene rings is 3. The van der Waals surface area contributed by atoms with Crippen LogP contribution in [0.15, 0.2) is 78.9 Å². The van der Waals surface area contributed by atoms with Gasteiger partial charge in [-0.15, -0.1) is 0 Å². The summed E-state index contributed by atoms with van der Waals surface area (Å²) in [6, 6.07) is 22.4. The van der Waals surface area contributed by atoms with Crippen molar-refractivity contribution in [2.75, 3.05) is 11.4 Å². The molecule has 0 aliphatic carbocycles. The fourth-order valence-corrected chi connectivity index (χ4v) is 5.31. The Kier molecular flexibility index (Phi) is 6.85. The highest BCUT2D eigenvalue weighted by molar-refractivity contribution is 6.05. The van der Waals surface area contributed by atoms with Crippen LogP contribution in [0.5, 0.6) is 0 Å². The zero-order chi connectivity index (χ0) is 27.9. The second-order valence-electron chi connectivity index (χ2n) is 11.0. The van der Waals surface area contributed by atoms with E-state index in [-0.39, 0.29) is 23.0 Å². The number of carbonyl (C=O) groups is 2. The third kappa shape index (κ3) is 4.85. The van der Waals surface area contributed by atoms with E-state index in [0.29, 0.717) is 17.9 Å². The van der Waals surface area contributed by atoms with Gasteiger partial charge in [-0.25, -0.2) is 9.07 Å². The number of anilines is 1. The molecule has 0 saturated carbocycles. The summed E-state index contributed by atoms with van der Waals surface area (Å²) in [6.45, 7) is 10.5. The number of hydrogen-bond acceptors (Lipinski definition) is 3. The Morgan fingerprint density at radius 1 is 1.00 bits per heavy atom. The van der Waals surface area contributed by atoms with Gasteiger partial charge in [0.2, 0.25) is 0 Å². The van der Waals surface area contributed by atoms with Crippen molar-refractivity contribution in [1.29, 1.82) is 0 Å². The topological polar surface area (TPSA) is 67.2 Å². The average molecular weight is 525 g/mol. The average Bonchev–Trinajstić information content (AvgIpc) is 3.26. The molecule has 5 rings (SSSR count). The van der Waals surface area contributed by atoms with Crippen molar-refractivity contribution < 1.29 is 14.0 Å². The molecule has 200 valence electrons. The smallest absolute Gasteiger partial charge is 0.251 e. The maximum absolute atomic E-state index is 14.2. The number of likely N-dealkylation sites (N-methyl/N-ethyl adjacent to an activating group) is 1. The SMILES string of the molecule is CCN1C(=O)[C@@H](NC(=O)c2cccc(C(C)(C)C)c2)[C@@H](c2ccc(F)cc2)c2c(C)nn(-c3ccccc3)c21. The predicted octanol–water partition coefficient (Wildman–Crippen LogP) is 5.91. The van der Waals surface area contributed by atoms with Gasteiger partial charge in [0.05, 0.1) is 11.4 Å². The number of nitrogens with one attached hydrogen (secondary N) is 1. The highest BCUT2D eigenvalue weighted by atomic mass is 19.1. The van der Waals surface area contributed by atoms with Crippen LogP contribution in [0.1, 0.15) is 66.4 Å². The largest absolute Gasteiger partial charge is 0.339 e. The molecule has 1 aliphatic rings. The zero-order valence-electron chi connectivity index (χ0n) is 22.9. The summed E-state index contributed by atoms with van der Waals surface area (Å²) in [5.74, 6) is -0.827. The summed E-state index contributed by atoms with van der Waals surface area (Å²) >= 11 is 0. The van der Waals surface area contributed by atoms with Crippen molar-refractivity contribution in [2.45, 2.75) is 52.0 Å². The third-order valence-corrected chi connectivity index (χ3v) is 7.34. The van der Waals surface area contributed by atoms with E-state index in [1.807, 2.05) is 62.4 Å². The van der Waals surface area contributed by atoms with Crippen LogP contribution in [-0.4, -0.2) is 34.2 Å². The van der Waals surface area contributed by atoms with E-state index in [9.17, 15) is 14.0 Å². The molecule has 2 heterocycles. The van der Waals surface area contributed by atoms with Crippen molar-refractivity contribution in [3.63, 3.8) is 0 Å². The first-order valence-corrected chi connectivity index (χ1v) is 13.2. The molecule has 4 aromatic rings. The minimum atomic E-state index is -0.902. The van der Waals surface area contributed by atoms with Crippen LogP contribution in [0, 0.1) is 12.7 Å². The third-order valence-electron chi connectivity index (χ3n) is 7.34. The van der Waals surface area contributed by atoms with E-state index in [0.717, 1.165) is 28.1 Å². The maximum atomic E-state index is 14.2. The molecule has 2 atom stereocenters. The van der Waals surface area contributed by atoms with Gasteiger partial charge < -0.3 is 5.32 Å². The Morgan fingerprint density at radius 3 is 2.33 bits per heavy atom. The number of aryl methyl sites for hydroxylation is 1. The number of halogens is 1. The Hall–Kier alpha value is -4.26. The molecule has 1 aliphatic heterocycles. The van der Waals surface area contributed by atoms with Crippen LogP contribution >= 0.6 is 0 Å². The van der Waals surface area contributed by atoms with Crippen LogP contribution in [0.3, 0.4) is 0 Å². The minimum absolute atomic E-state index is 0.134. The number of carbonyl (C=O) groups excluding carboxylic acids is 2. The summed E-state index contributed by atoms with van der Waals surface area (Å²) < 4.78 is 15.7. The van der Waals surface area contributed by atoms with Crippen LogP contribution in [0.2, 0.25) is 0 Å². The van der Waals surface area contributed by atoms with Crippen LogP contribution in [-0.2, 0) is 10.2 Å². The molecule has 0 fully saturated rings. The summed E-state index contributed by atoms with van der Waals surface area (Å²) in [4.78, 5) is 29.5. The van der Waals surface area contributed by atoms with Gasteiger partial charge in [-0.2, -0.15) is 5.10 Å². The summed E-state index contributed by atoms with van der Waals surface area (Å²) in [5.41, 5.74) is 4.50. The van der Waals surface area contributed by atoms with Gasteiger partial charge in [0, 0.05) is 23.6 Å². The lowest BCUT2D eigenvalue weighted by Crippen LogP contribution is -2.55. The van der Waals surface area contributed by atoms with Crippen molar-refractivity contribution in [3.05, 3.63) is 113 Å². The molecule has 3 aromatic carbocycles. The predicted molar refractivity (Wildman–Crippen MR) is 151 cm³/mol. The van der Waals surface area contributed by atoms with Gasteiger partial charge in [-0.05, 0) is 66.8 Å². The number of aromatic nitrogens is 2. The molecule has 0 bridgehead atoms. The number of amides is 2. The van der Waals surface area contributed by atoms with Gasteiger partial charge >= 0.3 is 0 Å². The maximum Gasteiger partial charge on any atom is 0.251 e. The Morgan fingerprint density at radius 2 is 1.69 bits per heavy atom.